The fraction of sp³-hybridized carbons (Fsp3) is 0.400. The molecule has 1 amide bonds. The number of fused-ring (bicyclic) bond motifs is 1. The van der Waals surface area contributed by atoms with Gasteiger partial charge in [0.2, 0.25) is 5.91 Å². The summed E-state index contributed by atoms with van der Waals surface area (Å²) in [5, 5.41) is 3.62. The van der Waals surface area contributed by atoms with Crippen molar-refractivity contribution in [2.75, 3.05) is 13.7 Å². The Hall–Kier alpha value is -1.88. The number of aromatic amines is 1. The van der Waals surface area contributed by atoms with Gasteiger partial charge in [0.05, 0.1) is 13.0 Å². The summed E-state index contributed by atoms with van der Waals surface area (Å²) in [6.45, 7) is 4.23. The maximum atomic E-state index is 13.3. The number of benzene rings is 1. The molecule has 0 unspecified atom stereocenters. The monoisotopic (exact) mass is 278 g/mol. The molecule has 0 aliphatic carbocycles. The zero-order chi connectivity index (χ0) is 14.7. The first-order chi connectivity index (χ1) is 9.51. The summed E-state index contributed by atoms with van der Waals surface area (Å²) in [5.41, 5.74) is 2.57. The van der Waals surface area contributed by atoms with Crippen molar-refractivity contribution in [3.63, 3.8) is 0 Å². The molecule has 2 rings (SSSR count). The third kappa shape index (κ3) is 3.17. The van der Waals surface area contributed by atoms with E-state index in [9.17, 15) is 9.18 Å². The van der Waals surface area contributed by atoms with Gasteiger partial charge in [0.1, 0.15) is 5.82 Å². The van der Waals surface area contributed by atoms with Crippen LogP contribution in [0.4, 0.5) is 4.39 Å². The highest BCUT2D eigenvalue weighted by molar-refractivity contribution is 5.90. The SMILES string of the molecule is COC[C@@H](C)NC(=O)Cc1c(C)[nH]c2ccc(F)cc12. The van der Waals surface area contributed by atoms with Gasteiger partial charge in [0, 0.05) is 29.7 Å². The lowest BCUT2D eigenvalue weighted by Crippen LogP contribution is -2.36. The van der Waals surface area contributed by atoms with E-state index in [-0.39, 0.29) is 24.2 Å². The van der Waals surface area contributed by atoms with Crippen LogP contribution in [-0.4, -0.2) is 30.6 Å². The Labute approximate surface area is 117 Å². The molecule has 1 aromatic carbocycles. The molecule has 0 radical (unpaired) electrons. The van der Waals surface area contributed by atoms with Crippen molar-refractivity contribution >= 4 is 16.8 Å². The minimum atomic E-state index is -0.300. The van der Waals surface area contributed by atoms with Crippen LogP contribution in [-0.2, 0) is 16.0 Å². The molecule has 20 heavy (non-hydrogen) atoms. The van der Waals surface area contributed by atoms with Gasteiger partial charge in [0.25, 0.3) is 0 Å². The zero-order valence-corrected chi connectivity index (χ0v) is 11.9. The Balaban J connectivity index is 2.18. The molecule has 1 atom stereocenters. The smallest absolute Gasteiger partial charge is 0.224 e. The van der Waals surface area contributed by atoms with Crippen LogP contribution in [0.15, 0.2) is 18.2 Å². The second-order valence-corrected chi connectivity index (χ2v) is 5.02. The van der Waals surface area contributed by atoms with Crippen molar-refractivity contribution < 1.29 is 13.9 Å². The van der Waals surface area contributed by atoms with Crippen LogP contribution in [0.25, 0.3) is 10.9 Å². The van der Waals surface area contributed by atoms with Gasteiger partial charge in [-0.15, -0.1) is 0 Å². The Morgan fingerprint density at radius 1 is 1.50 bits per heavy atom. The largest absolute Gasteiger partial charge is 0.383 e. The van der Waals surface area contributed by atoms with E-state index in [2.05, 4.69) is 10.3 Å². The minimum Gasteiger partial charge on any atom is -0.383 e. The number of ether oxygens (including phenoxy) is 1. The molecule has 0 saturated carbocycles. The lowest BCUT2D eigenvalue weighted by molar-refractivity contribution is -0.121. The summed E-state index contributed by atoms with van der Waals surface area (Å²) in [6, 6.07) is 4.50. The third-order valence-electron chi connectivity index (χ3n) is 3.24. The van der Waals surface area contributed by atoms with E-state index in [1.165, 1.54) is 12.1 Å². The van der Waals surface area contributed by atoms with Gasteiger partial charge in [-0.1, -0.05) is 0 Å². The van der Waals surface area contributed by atoms with E-state index in [1.807, 2.05) is 13.8 Å². The summed E-state index contributed by atoms with van der Waals surface area (Å²) in [6.07, 6.45) is 0.226. The molecular weight excluding hydrogens is 259 g/mol. The standard InChI is InChI=1S/C15H19FN2O2/c1-9(8-20-3)17-15(19)7-12-10(2)18-14-5-4-11(16)6-13(12)14/h4-6,9,18H,7-8H2,1-3H3,(H,17,19)/t9-/m1/s1. The van der Waals surface area contributed by atoms with Crippen LogP contribution in [0.3, 0.4) is 0 Å². The van der Waals surface area contributed by atoms with Gasteiger partial charge in [-0.2, -0.15) is 0 Å². The first kappa shape index (κ1) is 14.5. The van der Waals surface area contributed by atoms with Gasteiger partial charge in [-0.3, -0.25) is 4.79 Å². The third-order valence-corrected chi connectivity index (χ3v) is 3.24. The predicted octanol–water partition coefficient (Wildman–Crippen LogP) is 2.31. The van der Waals surface area contributed by atoms with Crippen molar-refractivity contribution in [2.45, 2.75) is 26.3 Å². The van der Waals surface area contributed by atoms with E-state index in [4.69, 9.17) is 4.74 Å². The zero-order valence-electron chi connectivity index (χ0n) is 11.9. The molecule has 1 aromatic heterocycles. The predicted molar refractivity (Wildman–Crippen MR) is 76.2 cm³/mol. The fourth-order valence-corrected chi connectivity index (χ4v) is 2.36. The number of halogens is 1. The Morgan fingerprint density at radius 2 is 2.25 bits per heavy atom. The Morgan fingerprint density at radius 3 is 2.95 bits per heavy atom. The number of carbonyl (C=O) groups is 1. The summed E-state index contributed by atoms with van der Waals surface area (Å²) < 4.78 is 18.3. The molecule has 0 saturated heterocycles. The molecule has 2 N–H and O–H groups in total. The van der Waals surface area contributed by atoms with E-state index in [0.29, 0.717) is 6.61 Å². The second kappa shape index (κ2) is 6.05. The number of rotatable bonds is 5. The van der Waals surface area contributed by atoms with Crippen LogP contribution in [0.5, 0.6) is 0 Å². The quantitative estimate of drug-likeness (QED) is 0.882. The average Bonchev–Trinajstić information content (AvgIpc) is 2.66. The molecule has 2 aromatic rings. The van der Waals surface area contributed by atoms with Gasteiger partial charge < -0.3 is 15.0 Å². The highest BCUT2D eigenvalue weighted by Gasteiger charge is 2.14. The summed E-state index contributed by atoms with van der Waals surface area (Å²) in [4.78, 5) is 15.2. The molecule has 0 aliphatic heterocycles. The van der Waals surface area contributed by atoms with Gasteiger partial charge >= 0.3 is 0 Å². The van der Waals surface area contributed by atoms with Crippen LogP contribution < -0.4 is 5.32 Å². The highest BCUT2D eigenvalue weighted by Crippen LogP contribution is 2.23. The van der Waals surface area contributed by atoms with Crippen molar-refractivity contribution in [2.24, 2.45) is 0 Å². The van der Waals surface area contributed by atoms with Crippen molar-refractivity contribution in [3.8, 4) is 0 Å². The number of carbonyl (C=O) groups excluding carboxylic acids is 1. The maximum absolute atomic E-state index is 13.3. The first-order valence-corrected chi connectivity index (χ1v) is 6.56. The van der Waals surface area contributed by atoms with Gasteiger partial charge in [0.15, 0.2) is 0 Å². The molecule has 1 heterocycles. The number of H-pyrrole nitrogens is 1. The van der Waals surface area contributed by atoms with Crippen molar-refractivity contribution in [3.05, 3.63) is 35.3 Å². The topological polar surface area (TPSA) is 54.1 Å². The summed E-state index contributed by atoms with van der Waals surface area (Å²) in [5.74, 6) is -0.395. The highest BCUT2D eigenvalue weighted by atomic mass is 19.1. The van der Waals surface area contributed by atoms with Crippen LogP contribution in [0.1, 0.15) is 18.2 Å². The van der Waals surface area contributed by atoms with E-state index >= 15 is 0 Å². The second-order valence-electron chi connectivity index (χ2n) is 5.02. The maximum Gasteiger partial charge on any atom is 0.224 e. The van der Waals surface area contributed by atoms with Gasteiger partial charge in [-0.05, 0) is 37.6 Å². The molecule has 0 spiro atoms. The lowest BCUT2D eigenvalue weighted by Gasteiger charge is -2.12. The van der Waals surface area contributed by atoms with Crippen LogP contribution >= 0.6 is 0 Å². The van der Waals surface area contributed by atoms with E-state index in [1.54, 1.807) is 13.2 Å². The first-order valence-electron chi connectivity index (χ1n) is 6.56. The molecule has 0 bridgehead atoms. The van der Waals surface area contributed by atoms with E-state index in [0.717, 1.165) is 22.2 Å². The Bertz CT molecular complexity index is 622. The number of hydrogen-bond acceptors (Lipinski definition) is 2. The van der Waals surface area contributed by atoms with Crippen molar-refractivity contribution in [1.29, 1.82) is 0 Å². The number of nitrogens with one attached hydrogen (secondary N) is 2. The molecule has 4 nitrogen and oxygen atoms in total. The summed E-state index contributed by atoms with van der Waals surface area (Å²) in [7, 11) is 1.59. The number of hydrogen-bond donors (Lipinski definition) is 2. The molecule has 108 valence electrons. The lowest BCUT2D eigenvalue weighted by atomic mass is 10.1. The van der Waals surface area contributed by atoms with Crippen LogP contribution in [0, 0.1) is 12.7 Å². The van der Waals surface area contributed by atoms with Crippen molar-refractivity contribution in [1.82, 2.24) is 10.3 Å². The van der Waals surface area contributed by atoms with Gasteiger partial charge in [-0.25, -0.2) is 4.39 Å². The number of aromatic nitrogens is 1. The molecule has 0 aliphatic rings. The Kier molecular flexibility index (Phi) is 4.39. The number of aryl methyl sites for hydroxylation is 1. The normalized spacial score (nSPS) is 12.6. The molecule has 0 fully saturated rings. The number of methoxy groups -OCH3 is 1. The average molecular weight is 278 g/mol. The van der Waals surface area contributed by atoms with Crippen LogP contribution in [0.2, 0.25) is 0 Å². The van der Waals surface area contributed by atoms with E-state index < -0.39 is 0 Å². The minimum absolute atomic E-state index is 0.0465. The molecule has 5 heteroatoms. The fourth-order valence-electron chi connectivity index (χ4n) is 2.36. The molecular formula is C15H19FN2O2. The number of amides is 1. The summed E-state index contributed by atoms with van der Waals surface area (Å²) >= 11 is 0.